The first-order valence-electron chi connectivity index (χ1n) is 24.3. The molecule has 0 aliphatic rings. The summed E-state index contributed by atoms with van der Waals surface area (Å²) in [6.07, 6.45) is 61.8. The number of hydrogen-bond donors (Lipinski definition) is 3. The molecule has 0 spiro atoms. The van der Waals surface area contributed by atoms with Crippen LogP contribution in [0.2, 0.25) is 0 Å². The largest absolute Gasteiger partial charge is 0.480 e. The van der Waals surface area contributed by atoms with Gasteiger partial charge in [-0.25, -0.2) is 4.57 Å². The number of carboxylic acids is 1. The van der Waals surface area contributed by atoms with Crippen molar-refractivity contribution in [3.8, 4) is 0 Å². The zero-order valence-corrected chi connectivity index (χ0v) is 40.3. The minimum absolute atomic E-state index is 0.0217. The lowest BCUT2D eigenvalue weighted by Crippen LogP contribution is -2.34. The number of carbonyl (C=O) groups excluding carboxylic acids is 1. The molecule has 3 atom stereocenters. The third kappa shape index (κ3) is 46.7. The number of phosphoric acid groups is 1. The first kappa shape index (κ1) is 59.9. The van der Waals surface area contributed by atoms with Gasteiger partial charge in [-0.05, 0) is 96.3 Å². The molecule has 0 fully saturated rings. The Morgan fingerprint density at radius 2 is 0.921 bits per heavy atom. The quantitative estimate of drug-likeness (QED) is 0.0233. The van der Waals surface area contributed by atoms with E-state index in [1.54, 1.807) is 0 Å². The average Bonchev–Trinajstić information content (AvgIpc) is 3.26. The van der Waals surface area contributed by atoms with Crippen LogP contribution in [0.25, 0.3) is 0 Å². The molecule has 0 bridgehead atoms. The number of rotatable bonds is 45. The molecule has 0 amide bonds. The average molecular weight is 902 g/mol. The van der Waals surface area contributed by atoms with E-state index in [0.717, 1.165) is 89.9 Å². The fraction of sp³-hybridized carbons (Fsp3) is 0.654. The lowest BCUT2D eigenvalue weighted by molar-refractivity contribution is -0.154. The van der Waals surface area contributed by atoms with Crippen molar-refractivity contribution in [3.05, 3.63) is 97.2 Å². The number of carboxylic acid groups (broad SMARTS) is 1. The summed E-state index contributed by atoms with van der Waals surface area (Å²) in [5.41, 5.74) is 5.36. The molecule has 360 valence electrons. The highest BCUT2D eigenvalue weighted by Crippen LogP contribution is 2.43. The van der Waals surface area contributed by atoms with Crippen molar-refractivity contribution in [1.82, 2.24) is 0 Å². The molecule has 10 nitrogen and oxygen atoms in total. The normalized spacial score (nSPS) is 14.6. The number of nitrogens with two attached hydrogens (primary N) is 1. The van der Waals surface area contributed by atoms with Gasteiger partial charge in [-0.15, -0.1) is 0 Å². The Kier molecular flexibility index (Phi) is 44.6. The third-order valence-corrected chi connectivity index (χ3v) is 10.8. The minimum Gasteiger partial charge on any atom is -0.480 e. The van der Waals surface area contributed by atoms with Crippen LogP contribution in [0.15, 0.2) is 97.2 Å². The van der Waals surface area contributed by atoms with E-state index in [1.807, 2.05) is 0 Å². The second kappa shape index (κ2) is 46.9. The molecule has 63 heavy (non-hydrogen) atoms. The van der Waals surface area contributed by atoms with Gasteiger partial charge in [0.2, 0.25) is 0 Å². The van der Waals surface area contributed by atoms with Gasteiger partial charge in [-0.1, -0.05) is 175 Å². The highest BCUT2D eigenvalue weighted by molar-refractivity contribution is 7.47. The molecule has 0 saturated carbocycles. The van der Waals surface area contributed by atoms with Gasteiger partial charge in [0.25, 0.3) is 0 Å². The number of hydrogen-bond acceptors (Lipinski definition) is 8. The minimum atomic E-state index is -4.64. The summed E-state index contributed by atoms with van der Waals surface area (Å²) in [4.78, 5) is 33.6. The molecule has 11 heteroatoms. The Balaban J connectivity index is 4.28. The first-order chi connectivity index (χ1) is 30.7. The van der Waals surface area contributed by atoms with Gasteiger partial charge in [0.15, 0.2) is 0 Å². The molecule has 4 N–H and O–H groups in total. The van der Waals surface area contributed by atoms with E-state index in [9.17, 15) is 19.0 Å². The van der Waals surface area contributed by atoms with E-state index in [-0.39, 0.29) is 13.0 Å². The molecular formula is C52H88NO9P. The van der Waals surface area contributed by atoms with Crippen LogP contribution < -0.4 is 5.73 Å². The molecular weight excluding hydrogens is 814 g/mol. The maximum absolute atomic E-state index is 12.7. The van der Waals surface area contributed by atoms with Crippen LogP contribution in [-0.2, 0) is 32.7 Å². The smallest absolute Gasteiger partial charge is 0.472 e. The van der Waals surface area contributed by atoms with Crippen molar-refractivity contribution in [2.24, 2.45) is 5.73 Å². The summed E-state index contributed by atoms with van der Waals surface area (Å²) in [6, 6.07) is -1.49. The monoisotopic (exact) mass is 902 g/mol. The van der Waals surface area contributed by atoms with Crippen molar-refractivity contribution in [1.29, 1.82) is 0 Å². The summed E-state index contributed by atoms with van der Waals surface area (Å²) in [5, 5.41) is 8.92. The molecule has 0 aliphatic carbocycles. The Morgan fingerprint density at radius 1 is 0.524 bits per heavy atom. The topological polar surface area (TPSA) is 155 Å². The van der Waals surface area contributed by atoms with Gasteiger partial charge < -0.3 is 25.2 Å². The first-order valence-corrected chi connectivity index (χ1v) is 25.8. The summed E-state index contributed by atoms with van der Waals surface area (Å²) < 4.78 is 33.4. The van der Waals surface area contributed by atoms with Gasteiger partial charge in [-0.2, -0.15) is 0 Å². The van der Waals surface area contributed by atoms with Crippen LogP contribution in [0, 0.1) is 0 Å². The second-order valence-corrected chi connectivity index (χ2v) is 17.3. The number of phosphoric ester groups is 1. The molecule has 0 aliphatic heterocycles. The number of unbranched alkanes of at least 4 members (excludes halogenated alkanes) is 15. The van der Waals surface area contributed by atoms with Gasteiger partial charge >= 0.3 is 19.8 Å². The van der Waals surface area contributed by atoms with E-state index in [2.05, 4.69) is 111 Å². The Labute approximate surface area is 383 Å². The fourth-order valence-electron chi connectivity index (χ4n) is 6.11. The van der Waals surface area contributed by atoms with Crippen molar-refractivity contribution in [2.45, 2.75) is 193 Å². The maximum Gasteiger partial charge on any atom is 0.472 e. The van der Waals surface area contributed by atoms with Gasteiger partial charge in [-0.3, -0.25) is 18.6 Å². The summed E-state index contributed by atoms with van der Waals surface area (Å²) in [5.74, 6) is -1.81. The Bertz CT molecular complexity index is 1370. The SMILES string of the molecule is CC/C=C\C/C=C\C/C=C\C/C=C\C/C=C\CCCCOCC(COP(=O)(O)OCC(N)C(=O)O)OC(=O)CCCCCCCCCC/C=C\C/C=C\C/C=C\CCCCCCC. The number of carbonyl (C=O) groups is 2. The van der Waals surface area contributed by atoms with E-state index in [4.69, 9.17) is 29.4 Å². The molecule has 0 rings (SSSR count). The van der Waals surface area contributed by atoms with E-state index in [0.29, 0.717) is 13.0 Å². The van der Waals surface area contributed by atoms with Crippen LogP contribution in [0.1, 0.15) is 181 Å². The maximum atomic E-state index is 12.7. The number of ether oxygens (including phenoxy) is 2. The highest BCUT2D eigenvalue weighted by atomic mass is 31.2. The van der Waals surface area contributed by atoms with Crippen molar-refractivity contribution < 1.29 is 42.7 Å². The predicted molar refractivity (Wildman–Crippen MR) is 263 cm³/mol. The van der Waals surface area contributed by atoms with Crippen LogP contribution in [0.3, 0.4) is 0 Å². The summed E-state index contributed by atoms with van der Waals surface area (Å²) in [7, 11) is -4.64. The molecule has 0 aromatic carbocycles. The molecule has 0 saturated heterocycles. The number of allylic oxidation sites excluding steroid dienone is 16. The highest BCUT2D eigenvalue weighted by Gasteiger charge is 2.27. The predicted octanol–water partition coefficient (Wildman–Crippen LogP) is 14.1. The van der Waals surface area contributed by atoms with Crippen LogP contribution in [0.5, 0.6) is 0 Å². The van der Waals surface area contributed by atoms with Gasteiger partial charge in [0.1, 0.15) is 12.1 Å². The van der Waals surface area contributed by atoms with Crippen molar-refractivity contribution >= 4 is 19.8 Å². The summed E-state index contributed by atoms with van der Waals surface area (Å²) in [6.45, 7) is 3.63. The standard InChI is InChI=1S/C52H88NO9P/c1-3-5-7-9-11-13-15-17-19-21-23-24-25-26-27-28-30-32-34-36-38-40-42-44-51(54)62-49(47-60-63(57,58)61-48-50(53)52(55)56)46-59-45-43-41-39-37-35-33-31-29-22-20-18-16-14-12-10-8-6-4-2/h6,8,12,14-15,17-18,20-21,23,25-26,29,31,35,37,49-50H,3-5,7,9-11,13,16,19,22,24,27-28,30,32-34,36,38-48,53H2,1-2H3,(H,55,56)(H,57,58)/b8-6-,14-12-,17-15-,20-18-,23-21-,26-25-,31-29-,37-35-. The van der Waals surface area contributed by atoms with Crippen LogP contribution in [-0.4, -0.2) is 60.5 Å². The molecule has 0 aromatic rings. The Morgan fingerprint density at radius 3 is 1.38 bits per heavy atom. The fourth-order valence-corrected chi connectivity index (χ4v) is 6.88. The van der Waals surface area contributed by atoms with E-state index < -0.39 is 45.1 Å². The molecule has 0 radical (unpaired) electrons. The molecule has 0 aromatic heterocycles. The summed E-state index contributed by atoms with van der Waals surface area (Å²) >= 11 is 0. The third-order valence-electron chi connectivity index (χ3n) is 9.85. The van der Waals surface area contributed by atoms with Crippen LogP contribution >= 0.6 is 7.82 Å². The van der Waals surface area contributed by atoms with E-state index >= 15 is 0 Å². The lowest BCUT2D eigenvalue weighted by Gasteiger charge is -2.20. The Hall–Kier alpha value is -3.11. The molecule has 0 heterocycles. The zero-order valence-electron chi connectivity index (χ0n) is 39.4. The zero-order chi connectivity index (χ0) is 46.2. The number of esters is 1. The van der Waals surface area contributed by atoms with Gasteiger partial charge in [0.05, 0.1) is 19.8 Å². The lowest BCUT2D eigenvalue weighted by atomic mass is 10.1. The van der Waals surface area contributed by atoms with Crippen LogP contribution in [0.4, 0.5) is 0 Å². The second-order valence-electron chi connectivity index (χ2n) is 15.9. The number of aliphatic carboxylic acids is 1. The van der Waals surface area contributed by atoms with Crippen molar-refractivity contribution in [3.63, 3.8) is 0 Å². The van der Waals surface area contributed by atoms with E-state index in [1.165, 1.54) is 64.2 Å². The molecule has 3 unspecified atom stereocenters. The van der Waals surface area contributed by atoms with Gasteiger partial charge in [0, 0.05) is 13.0 Å². The van der Waals surface area contributed by atoms with Crippen molar-refractivity contribution in [2.75, 3.05) is 26.4 Å².